The predicted octanol–water partition coefficient (Wildman–Crippen LogP) is 16.1. The van der Waals surface area contributed by atoms with E-state index in [0.29, 0.717) is 0 Å². The van der Waals surface area contributed by atoms with Crippen molar-refractivity contribution in [2.45, 2.75) is 26.2 Å². The number of nitrogens with zero attached hydrogens (tertiary/aromatic N) is 1. The van der Waals surface area contributed by atoms with Crippen molar-refractivity contribution in [3.8, 4) is 33.4 Å². The van der Waals surface area contributed by atoms with Crippen LogP contribution in [0.5, 0.6) is 0 Å². The van der Waals surface area contributed by atoms with Gasteiger partial charge in [0.2, 0.25) is 0 Å². The highest BCUT2D eigenvalue weighted by atomic mass is 15.1. The molecule has 0 aromatic heterocycles. The summed E-state index contributed by atoms with van der Waals surface area (Å²) >= 11 is 0. The Morgan fingerprint density at radius 3 is 1.53 bits per heavy atom. The van der Waals surface area contributed by atoms with Gasteiger partial charge in [-0.15, -0.1) is 0 Å². The van der Waals surface area contributed by atoms with Gasteiger partial charge in [0.05, 0.1) is 0 Å². The molecule has 0 heterocycles. The summed E-state index contributed by atoms with van der Waals surface area (Å²) in [7, 11) is 0. The van der Waals surface area contributed by atoms with Gasteiger partial charge in [-0.1, -0.05) is 191 Å². The zero-order valence-electron chi connectivity index (χ0n) is 32.6. The number of hydrogen-bond acceptors (Lipinski definition) is 1. The van der Waals surface area contributed by atoms with E-state index in [4.69, 9.17) is 0 Å². The number of fused-ring (bicyclic) bond motifs is 6. The summed E-state index contributed by atoms with van der Waals surface area (Å²) in [5.74, 6) is 0. The minimum atomic E-state index is -0.0720. The van der Waals surface area contributed by atoms with Gasteiger partial charge in [-0.3, -0.25) is 0 Å². The quantitative estimate of drug-likeness (QED) is 0.154. The number of benzene rings is 10. The smallest absolute Gasteiger partial charge is 0.0464 e. The molecule has 10 rings (SSSR count). The molecule has 0 unspecified atom stereocenters. The molecule has 0 aliphatic rings. The van der Waals surface area contributed by atoms with Crippen LogP contribution in [0.3, 0.4) is 0 Å². The van der Waals surface area contributed by atoms with E-state index in [1.165, 1.54) is 82.0 Å². The van der Waals surface area contributed by atoms with E-state index >= 15 is 0 Å². The van der Waals surface area contributed by atoms with Crippen LogP contribution in [0.1, 0.15) is 26.3 Å². The van der Waals surface area contributed by atoms with Crippen LogP contribution in [0.25, 0.3) is 76.5 Å². The summed E-state index contributed by atoms with van der Waals surface area (Å²) in [6.45, 7) is 6.94. The molecule has 0 bridgehead atoms. The highest BCUT2D eigenvalue weighted by Crippen LogP contribution is 2.43. The van der Waals surface area contributed by atoms with Crippen LogP contribution in [0.2, 0.25) is 0 Å². The number of hydrogen-bond donors (Lipinski definition) is 0. The van der Waals surface area contributed by atoms with E-state index in [0.717, 1.165) is 17.1 Å². The lowest BCUT2D eigenvalue weighted by atomic mass is 9.81. The summed E-state index contributed by atoms with van der Waals surface area (Å²) in [5.41, 5.74) is 12.0. The number of anilines is 3. The van der Waals surface area contributed by atoms with E-state index in [1.807, 2.05) is 0 Å². The van der Waals surface area contributed by atoms with E-state index in [-0.39, 0.29) is 5.41 Å². The van der Waals surface area contributed by atoms with Gasteiger partial charge >= 0.3 is 0 Å². The molecule has 0 radical (unpaired) electrons. The van der Waals surface area contributed by atoms with Gasteiger partial charge in [-0.2, -0.15) is 0 Å². The second-order valence-electron chi connectivity index (χ2n) is 16.2. The Labute approximate surface area is 335 Å². The molecule has 0 amide bonds. The molecular formula is C56H43N. The van der Waals surface area contributed by atoms with Gasteiger partial charge in [-0.25, -0.2) is 0 Å². The Morgan fingerprint density at radius 2 is 0.825 bits per heavy atom. The van der Waals surface area contributed by atoms with Crippen molar-refractivity contribution in [3.05, 3.63) is 212 Å². The Hall–Kier alpha value is -6.96. The van der Waals surface area contributed by atoms with Gasteiger partial charge in [-0.05, 0) is 124 Å². The van der Waals surface area contributed by atoms with Crippen molar-refractivity contribution in [2.24, 2.45) is 0 Å². The zero-order valence-corrected chi connectivity index (χ0v) is 32.6. The van der Waals surface area contributed by atoms with Crippen LogP contribution in [0, 0.1) is 0 Å². The molecule has 0 saturated carbocycles. The molecule has 10 aromatic carbocycles. The highest BCUT2D eigenvalue weighted by molar-refractivity contribution is 6.21. The third-order valence-electron chi connectivity index (χ3n) is 11.6. The molecule has 0 fully saturated rings. The molecule has 1 nitrogen and oxygen atoms in total. The average molecular weight is 730 g/mol. The normalized spacial score (nSPS) is 11.8. The van der Waals surface area contributed by atoms with Gasteiger partial charge in [0.15, 0.2) is 0 Å². The zero-order chi connectivity index (χ0) is 38.5. The van der Waals surface area contributed by atoms with Crippen molar-refractivity contribution in [3.63, 3.8) is 0 Å². The van der Waals surface area contributed by atoms with Crippen LogP contribution >= 0.6 is 0 Å². The van der Waals surface area contributed by atoms with Crippen molar-refractivity contribution >= 4 is 60.2 Å². The molecule has 0 saturated heterocycles. The van der Waals surface area contributed by atoms with Crippen LogP contribution in [-0.2, 0) is 5.41 Å². The van der Waals surface area contributed by atoms with E-state index in [2.05, 4.69) is 232 Å². The van der Waals surface area contributed by atoms with E-state index < -0.39 is 0 Å². The molecule has 0 aliphatic carbocycles. The fraction of sp³-hybridized carbons (Fsp3) is 0.0714. The standard InChI is InChI=1S/C56H43N/c1-56(2,3)54-37-46(33-36-50(54)39-13-5-4-6-14-39)57(44-29-23-41(24-30-44)48-21-11-17-38-15-7-9-19-47(38)48)45-31-25-42(26-32-45)51-22-12-18-43-28-34-52-49-20-10-8-16-40(49)27-35-53(52)55(43)51/h4-37H,1-3H3. The van der Waals surface area contributed by atoms with E-state index in [9.17, 15) is 0 Å². The van der Waals surface area contributed by atoms with Crippen molar-refractivity contribution in [2.75, 3.05) is 4.90 Å². The average Bonchev–Trinajstić information content (AvgIpc) is 3.26. The summed E-state index contributed by atoms with van der Waals surface area (Å²) in [6.07, 6.45) is 0. The van der Waals surface area contributed by atoms with Crippen molar-refractivity contribution < 1.29 is 0 Å². The van der Waals surface area contributed by atoms with Gasteiger partial charge in [0, 0.05) is 17.1 Å². The SMILES string of the molecule is CC(C)(C)c1cc(N(c2ccc(-c3cccc4ccccc34)cc2)c2ccc(-c3cccc4ccc5c6ccccc6ccc5c34)cc2)ccc1-c1ccccc1. The lowest BCUT2D eigenvalue weighted by Gasteiger charge is -2.30. The molecule has 0 aliphatic heterocycles. The minimum Gasteiger partial charge on any atom is -0.310 e. The lowest BCUT2D eigenvalue weighted by Crippen LogP contribution is -2.16. The molecular weight excluding hydrogens is 687 g/mol. The van der Waals surface area contributed by atoms with Crippen LogP contribution in [-0.4, -0.2) is 0 Å². The van der Waals surface area contributed by atoms with Crippen LogP contribution in [0.4, 0.5) is 17.1 Å². The Bertz CT molecular complexity index is 3070. The first-order chi connectivity index (χ1) is 27.9. The van der Waals surface area contributed by atoms with Gasteiger partial charge < -0.3 is 4.90 Å². The second kappa shape index (κ2) is 14.0. The number of rotatable bonds is 6. The molecule has 0 N–H and O–H groups in total. The molecule has 57 heavy (non-hydrogen) atoms. The topological polar surface area (TPSA) is 3.24 Å². The monoisotopic (exact) mass is 729 g/mol. The first-order valence-electron chi connectivity index (χ1n) is 19.9. The molecule has 10 aromatic rings. The maximum atomic E-state index is 2.41. The summed E-state index contributed by atoms with van der Waals surface area (Å²) < 4.78 is 0. The first-order valence-corrected chi connectivity index (χ1v) is 19.9. The maximum absolute atomic E-state index is 2.41. The van der Waals surface area contributed by atoms with E-state index in [1.54, 1.807) is 0 Å². The fourth-order valence-corrected chi connectivity index (χ4v) is 8.78. The highest BCUT2D eigenvalue weighted by Gasteiger charge is 2.23. The Kier molecular flexibility index (Phi) is 8.46. The predicted molar refractivity (Wildman–Crippen MR) is 246 cm³/mol. The van der Waals surface area contributed by atoms with Gasteiger partial charge in [0.1, 0.15) is 0 Å². The molecule has 1 heteroatoms. The summed E-state index contributed by atoms with van der Waals surface area (Å²) in [5, 5.41) is 10.2. The third kappa shape index (κ3) is 6.22. The third-order valence-corrected chi connectivity index (χ3v) is 11.6. The summed E-state index contributed by atoms with van der Waals surface area (Å²) in [6, 6.07) is 75.7. The molecule has 272 valence electrons. The van der Waals surface area contributed by atoms with Crippen molar-refractivity contribution in [1.82, 2.24) is 0 Å². The van der Waals surface area contributed by atoms with Crippen LogP contribution < -0.4 is 4.90 Å². The van der Waals surface area contributed by atoms with Crippen molar-refractivity contribution in [1.29, 1.82) is 0 Å². The fourth-order valence-electron chi connectivity index (χ4n) is 8.78. The lowest BCUT2D eigenvalue weighted by molar-refractivity contribution is 0.592. The van der Waals surface area contributed by atoms with Crippen LogP contribution in [0.15, 0.2) is 206 Å². The first kappa shape index (κ1) is 34.5. The second-order valence-corrected chi connectivity index (χ2v) is 16.2. The van der Waals surface area contributed by atoms with Gasteiger partial charge in [0.25, 0.3) is 0 Å². The Morgan fingerprint density at radius 1 is 0.316 bits per heavy atom. The largest absolute Gasteiger partial charge is 0.310 e. The summed E-state index contributed by atoms with van der Waals surface area (Å²) in [4.78, 5) is 2.41. The Balaban J connectivity index is 1.11. The molecule has 0 atom stereocenters. The molecule has 0 spiro atoms. The minimum absolute atomic E-state index is 0.0720. The maximum Gasteiger partial charge on any atom is 0.0464 e.